The highest BCUT2D eigenvalue weighted by molar-refractivity contribution is 4.75. The predicted octanol–water partition coefficient (Wildman–Crippen LogP) is -0.195. The van der Waals surface area contributed by atoms with E-state index in [1.54, 1.807) is 0 Å². The van der Waals surface area contributed by atoms with Gasteiger partial charge in [0.05, 0.1) is 38.1 Å². The first-order chi connectivity index (χ1) is 10.1. The number of likely N-dealkylation sites (N-methyl/N-ethyl adjacent to an activating group) is 1. The number of ether oxygens (including phenoxy) is 3. The predicted molar refractivity (Wildman–Crippen MR) is 80.5 cm³/mol. The largest absolute Gasteiger partial charge is 0.389 e. The summed E-state index contributed by atoms with van der Waals surface area (Å²) >= 11 is 0. The third-order valence-electron chi connectivity index (χ3n) is 3.90. The van der Waals surface area contributed by atoms with Gasteiger partial charge in [-0.3, -0.25) is 4.90 Å². The first-order valence-corrected chi connectivity index (χ1v) is 7.99. The van der Waals surface area contributed by atoms with Crippen LogP contribution in [0, 0.1) is 0 Å². The van der Waals surface area contributed by atoms with Gasteiger partial charge in [-0.05, 0) is 26.9 Å². The Hall–Kier alpha value is -0.240. The second-order valence-electron chi connectivity index (χ2n) is 6.34. The molecule has 1 N–H and O–H groups in total. The van der Waals surface area contributed by atoms with Crippen LogP contribution in [0.4, 0.5) is 0 Å². The summed E-state index contributed by atoms with van der Waals surface area (Å²) in [6.07, 6.45) is 2.21. The van der Waals surface area contributed by atoms with Gasteiger partial charge < -0.3 is 24.2 Å². The number of hydrogen-bond acceptors (Lipinski definition) is 6. The smallest absolute Gasteiger partial charge is 0.0900 e. The average molecular weight is 302 g/mol. The molecule has 0 aromatic carbocycles. The Labute approximate surface area is 127 Å². The Morgan fingerprint density at radius 3 is 2.81 bits per heavy atom. The molecule has 0 aliphatic carbocycles. The fraction of sp³-hybridized carbons (Fsp3) is 1.00. The van der Waals surface area contributed by atoms with Crippen molar-refractivity contribution < 1.29 is 19.3 Å². The molecule has 0 aromatic heterocycles. The van der Waals surface area contributed by atoms with Gasteiger partial charge in [-0.2, -0.15) is 0 Å². The van der Waals surface area contributed by atoms with E-state index in [4.69, 9.17) is 14.2 Å². The summed E-state index contributed by atoms with van der Waals surface area (Å²) < 4.78 is 16.8. The van der Waals surface area contributed by atoms with Crippen molar-refractivity contribution in [2.45, 2.75) is 31.2 Å². The molecular weight excluding hydrogens is 272 g/mol. The molecule has 0 amide bonds. The van der Waals surface area contributed by atoms with Gasteiger partial charge in [0.2, 0.25) is 0 Å². The van der Waals surface area contributed by atoms with Crippen LogP contribution in [0.1, 0.15) is 12.8 Å². The molecule has 2 saturated heterocycles. The van der Waals surface area contributed by atoms with E-state index in [2.05, 4.69) is 23.9 Å². The molecule has 0 radical (unpaired) electrons. The molecule has 2 rings (SSSR count). The number of aliphatic hydroxyl groups excluding tert-OH is 1. The monoisotopic (exact) mass is 302 g/mol. The van der Waals surface area contributed by atoms with Crippen LogP contribution in [-0.4, -0.2) is 99.9 Å². The van der Waals surface area contributed by atoms with E-state index in [1.807, 2.05) is 0 Å². The fourth-order valence-electron chi connectivity index (χ4n) is 2.93. The zero-order valence-electron chi connectivity index (χ0n) is 13.4. The van der Waals surface area contributed by atoms with Crippen LogP contribution in [0.25, 0.3) is 0 Å². The standard InChI is InChI=1S/C15H30N2O4/c1-16(2)9-15-10-17(5-7-21-15)8-13(18)11-19-12-14-4-3-6-20-14/h13-15,18H,3-12H2,1-2H3/t13-,14+,15+/m0/s1. The van der Waals surface area contributed by atoms with Crippen LogP contribution in [0.15, 0.2) is 0 Å². The summed E-state index contributed by atoms with van der Waals surface area (Å²) in [6, 6.07) is 0. The molecule has 6 nitrogen and oxygen atoms in total. The third kappa shape index (κ3) is 6.59. The van der Waals surface area contributed by atoms with Gasteiger partial charge in [-0.1, -0.05) is 0 Å². The third-order valence-corrected chi connectivity index (χ3v) is 3.90. The van der Waals surface area contributed by atoms with E-state index in [9.17, 15) is 5.11 Å². The van der Waals surface area contributed by atoms with E-state index >= 15 is 0 Å². The highest BCUT2D eigenvalue weighted by atomic mass is 16.5. The number of nitrogens with zero attached hydrogens (tertiary/aromatic N) is 2. The van der Waals surface area contributed by atoms with E-state index in [1.165, 1.54) is 0 Å². The minimum atomic E-state index is -0.440. The molecule has 2 aliphatic heterocycles. The maximum Gasteiger partial charge on any atom is 0.0900 e. The molecule has 2 fully saturated rings. The molecule has 124 valence electrons. The Bertz CT molecular complexity index is 285. The average Bonchev–Trinajstić information content (AvgIpc) is 2.91. The van der Waals surface area contributed by atoms with Crippen molar-refractivity contribution in [2.75, 3.05) is 66.7 Å². The molecule has 0 saturated carbocycles. The topological polar surface area (TPSA) is 54.4 Å². The second-order valence-corrected chi connectivity index (χ2v) is 6.34. The number of aliphatic hydroxyl groups is 1. The van der Waals surface area contributed by atoms with Crippen molar-refractivity contribution in [3.8, 4) is 0 Å². The van der Waals surface area contributed by atoms with Gasteiger partial charge in [0, 0.05) is 32.8 Å². The molecule has 0 unspecified atom stereocenters. The number of morpholine rings is 1. The summed E-state index contributed by atoms with van der Waals surface area (Å²) in [5.41, 5.74) is 0. The normalized spacial score (nSPS) is 29.1. The lowest BCUT2D eigenvalue weighted by Gasteiger charge is -2.35. The minimum absolute atomic E-state index is 0.227. The maximum atomic E-state index is 10.1. The molecule has 2 aliphatic rings. The summed E-state index contributed by atoms with van der Waals surface area (Å²) in [5, 5.41) is 10.1. The quantitative estimate of drug-likeness (QED) is 0.670. The van der Waals surface area contributed by atoms with Crippen molar-refractivity contribution in [1.82, 2.24) is 9.80 Å². The fourth-order valence-corrected chi connectivity index (χ4v) is 2.93. The van der Waals surface area contributed by atoms with E-state index in [0.29, 0.717) is 19.8 Å². The number of β-amino-alcohol motifs (C(OH)–C–C–N with tert-alkyl or cyclic N) is 1. The van der Waals surface area contributed by atoms with Crippen molar-refractivity contribution in [1.29, 1.82) is 0 Å². The van der Waals surface area contributed by atoms with Crippen molar-refractivity contribution in [3.63, 3.8) is 0 Å². The van der Waals surface area contributed by atoms with E-state index in [-0.39, 0.29) is 12.2 Å². The highest BCUT2D eigenvalue weighted by Crippen LogP contribution is 2.12. The van der Waals surface area contributed by atoms with E-state index in [0.717, 1.165) is 45.7 Å². The van der Waals surface area contributed by atoms with Crippen LogP contribution >= 0.6 is 0 Å². The molecule has 3 atom stereocenters. The van der Waals surface area contributed by atoms with Gasteiger partial charge in [-0.25, -0.2) is 0 Å². The summed E-state index contributed by atoms with van der Waals surface area (Å²) in [5.74, 6) is 0. The Morgan fingerprint density at radius 1 is 1.29 bits per heavy atom. The molecule has 0 spiro atoms. The lowest BCUT2D eigenvalue weighted by Crippen LogP contribution is -2.49. The van der Waals surface area contributed by atoms with Crippen molar-refractivity contribution in [3.05, 3.63) is 0 Å². The SMILES string of the molecule is CN(C)C[C@@H]1CN(C[C@H](O)COC[C@H]2CCCO2)CCO1. The lowest BCUT2D eigenvalue weighted by molar-refractivity contribution is -0.0630. The second kappa shape index (κ2) is 9.02. The van der Waals surface area contributed by atoms with Crippen LogP contribution in [0.3, 0.4) is 0 Å². The summed E-state index contributed by atoms with van der Waals surface area (Å²) in [6.45, 7) is 5.90. The Morgan fingerprint density at radius 2 is 2.10 bits per heavy atom. The first-order valence-electron chi connectivity index (χ1n) is 7.99. The van der Waals surface area contributed by atoms with Crippen LogP contribution in [0.5, 0.6) is 0 Å². The first kappa shape index (κ1) is 17.1. The molecule has 2 heterocycles. The minimum Gasteiger partial charge on any atom is -0.389 e. The molecule has 21 heavy (non-hydrogen) atoms. The maximum absolute atomic E-state index is 10.1. The lowest BCUT2D eigenvalue weighted by atomic mass is 10.2. The summed E-state index contributed by atoms with van der Waals surface area (Å²) in [4.78, 5) is 4.40. The zero-order valence-corrected chi connectivity index (χ0v) is 13.4. The molecule has 0 bridgehead atoms. The van der Waals surface area contributed by atoms with Gasteiger partial charge in [0.1, 0.15) is 0 Å². The van der Waals surface area contributed by atoms with Gasteiger partial charge in [0.25, 0.3) is 0 Å². The van der Waals surface area contributed by atoms with Crippen molar-refractivity contribution >= 4 is 0 Å². The zero-order chi connectivity index (χ0) is 15.1. The van der Waals surface area contributed by atoms with Gasteiger partial charge in [-0.15, -0.1) is 0 Å². The Balaban J connectivity index is 1.58. The molecule has 6 heteroatoms. The Kier molecular flexibility index (Phi) is 7.36. The highest BCUT2D eigenvalue weighted by Gasteiger charge is 2.23. The summed E-state index contributed by atoms with van der Waals surface area (Å²) in [7, 11) is 4.10. The van der Waals surface area contributed by atoms with Crippen molar-refractivity contribution in [2.24, 2.45) is 0 Å². The molecule has 0 aromatic rings. The van der Waals surface area contributed by atoms with Crippen LogP contribution < -0.4 is 0 Å². The number of rotatable bonds is 8. The molecular formula is C15H30N2O4. The van der Waals surface area contributed by atoms with Gasteiger partial charge >= 0.3 is 0 Å². The van der Waals surface area contributed by atoms with Crippen LogP contribution in [-0.2, 0) is 14.2 Å². The number of hydrogen-bond donors (Lipinski definition) is 1. The van der Waals surface area contributed by atoms with Gasteiger partial charge in [0.15, 0.2) is 0 Å². The van der Waals surface area contributed by atoms with E-state index < -0.39 is 6.10 Å². The van der Waals surface area contributed by atoms with Crippen LogP contribution in [0.2, 0.25) is 0 Å².